The van der Waals surface area contributed by atoms with Crippen LogP contribution in [0.2, 0.25) is 0 Å². The predicted molar refractivity (Wildman–Crippen MR) is 68.7 cm³/mol. The lowest BCUT2D eigenvalue weighted by Crippen LogP contribution is -2.24. The van der Waals surface area contributed by atoms with Crippen molar-refractivity contribution in [1.29, 1.82) is 0 Å². The third-order valence-electron chi connectivity index (χ3n) is 3.25. The Morgan fingerprint density at radius 1 is 1.33 bits per heavy atom. The molecule has 1 aromatic heterocycles. The molecule has 1 atom stereocenters. The molecule has 2 heterocycles. The van der Waals surface area contributed by atoms with E-state index in [4.69, 9.17) is 0 Å². The van der Waals surface area contributed by atoms with E-state index in [1.165, 1.54) is 6.42 Å². The van der Waals surface area contributed by atoms with Crippen LogP contribution in [0.25, 0.3) is 5.69 Å². The highest BCUT2D eigenvalue weighted by Gasteiger charge is 2.20. The second-order valence-corrected chi connectivity index (χ2v) is 4.66. The van der Waals surface area contributed by atoms with Gasteiger partial charge in [-0.3, -0.25) is 0 Å². The molecular weight excluding hydrogens is 228 g/mol. The molecule has 0 saturated carbocycles. The van der Waals surface area contributed by atoms with E-state index in [0.717, 1.165) is 24.5 Å². The number of rotatable bonds is 3. The molecule has 1 fully saturated rings. The summed E-state index contributed by atoms with van der Waals surface area (Å²) in [6, 6.07) is 8.58. The van der Waals surface area contributed by atoms with Crippen LogP contribution in [0, 0.1) is 0 Å². The largest absolute Gasteiger partial charge is 0.379 e. The Balaban J connectivity index is 1.84. The molecule has 6 nitrogen and oxygen atoms in total. The first-order chi connectivity index (χ1) is 8.83. The highest BCUT2D eigenvalue weighted by Crippen LogP contribution is 2.21. The third kappa shape index (κ3) is 2.19. The number of hydrogen-bond donors (Lipinski definition) is 1. The molecule has 0 bridgehead atoms. The average molecular weight is 244 g/mol. The number of benzene rings is 1. The van der Waals surface area contributed by atoms with Crippen LogP contribution in [0.15, 0.2) is 30.6 Å². The third-order valence-corrected chi connectivity index (χ3v) is 3.25. The van der Waals surface area contributed by atoms with E-state index < -0.39 is 0 Å². The van der Waals surface area contributed by atoms with E-state index in [-0.39, 0.29) is 0 Å². The summed E-state index contributed by atoms with van der Waals surface area (Å²) < 4.78 is 1.68. The lowest BCUT2D eigenvalue weighted by molar-refractivity contribution is 0.414. The van der Waals surface area contributed by atoms with Gasteiger partial charge in [-0.05, 0) is 42.6 Å². The van der Waals surface area contributed by atoms with E-state index >= 15 is 0 Å². The molecule has 1 aliphatic heterocycles. The number of nitrogens with one attached hydrogen (secondary N) is 1. The Hall–Kier alpha value is -1.95. The van der Waals surface area contributed by atoms with Crippen molar-refractivity contribution in [3.05, 3.63) is 30.6 Å². The molecule has 6 heteroatoms. The van der Waals surface area contributed by atoms with Crippen LogP contribution in [-0.4, -0.2) is 51.3 Å². The zero-order chi connectivity index (χ0) is 12.4. The van der Waals surface area contributed by atoms with Crippen LogP contribution < -0.4 is 5.32 Å². The Kier molecular flexibility index (Phi) is 2.93. The standard InChI is InChI=1S/C12H16N6/c1-17-7-6-10(8-17)14-11-4-2-3-5-12(11)18-9-13-15-16-18/h2-5,9-10,14H,6-8H2,1H3. The van der Waals surface area contributed by atoms with Crippen molar-refractivity contribution in [2.45, 2.75) is 12.5 Å². The van der Waals surface area contributed by atoms with Crippen molar-refractivity contribution < 1.29 is 0 Å². The number of hydrogen-bond acceptors (Lipinski definition) is 5. The second-order valence-electron chi connectivity index (χ2n) is 4.66. The van der Waals surface area contributed by atoms with Gasteiger partial charge in [-0.15, -0.1) is 5.10 Å². The molecule has 1 aliphatic rings. The van der Waals surface area contributed by atoms with Crippen LogP contribution in [0.3, 0.4) is 0 Å². The van der Waals surface area contributed by atoms with Crippen LogP contribution in [0.4, 0.5) is 5.69 Å². The zero-order valence-electron chi connectivity index (χ0n) is 10.3. The Morgan fingerprint density at radius 3 is 2.94 bits per heavy atom. The van der Waals surface area contributed by atoms with E-state index in [0.29, 0.717) is 6.04 Å². The fourth-order valence-electron chi connectivity index (χ4n) is 2.34. The van der Waals surface area contributed by atoms with Crippen molar-refractivity contribution in [3.8, 4) is 5.69 Å². The summed E-state index contributed by atoms with van der Waals surface area (Å²) in [5.41, 5.74) is 2.06. The van der Waals surface area contributed by atoms with E-state index in [2.05, 4.69) is 38.9 Å². The smallest absolute Gasteiger partial charge is 0.143 e. The summed E-state index contributed by atoms with van der Waals surface area (Å²) >= 11 is 0. The molecule has 0 aliphatic carbocycles. The van der Waals surface area contributed by atoms with Crippen LogP contribution >= 0.6 is 0 Å². The fraction of sp³-hybridized carbons (Fsp3) is 0.417. The van der Waals surface area contributed by atoms with Crippen molar-refractivity contribution >= 4 is 5.69 Å². The highest BCUT2D eigenvalue weighted by molar-refractivity contribution is 5.60. The molecule has 1 unspecified atom stereocenters. The van der Waals surface area contributed by atoms with Crippen molar-refractivity contribution in [1.82, 2.24) is 25.1 Å². The summed E-state index contributed by atoms with van der Waals surface area (Å²) in [7, 11) is 2.15. The zero-order valence-corrected chi connectivity index (χ0v) is 10.3. The van der Waals surface area contributed by atoms with Gasteiger partial charge in [0.25, 0.3) is 0 Å². The quantitative estimate of drug-likeness (QED) is 0.864. The topological polar surface area (TPSA) is 58.9 Å². The molecule has 0 spiro atoms. The molecule has 1 aromatic carbocycles. The van der Waals surface area contributed by atoms with Gasteiger partial charge in [-0.2, -0.15) is 4.68 Å². The summed E-state index contributed by atoms with van der Waals surface area (Å²) in [4.78, 5) is 2.33. The van der Waals surface area contributed by atoms with E-state index in [1.54, 1.807) is 11.0 Å². The number of anilines is 1. The molecule has 94 valence electrons. The monoisotopic (exact) mass is 244 g/mol. The maximum absolute atomic E-state index is 3.94. The minimum absolute atomic E-state index is 0.493. The summed E-state index contributed by atoms with van der Waals surface area (Å²) in [6.45, 7) is 2.22. The van der Waals surface area contributed by atoms with Gasteiger partial charge < -0.3 is 10.2 Å². The second kappa shape index (κ2) is 4.73. The summed E-state index contributed by atoms with van der Waals surface area (Å²) in [5.74, 6) is 0. The Bertz CT molecular complexity index is 509. The highest BCUT2D eigenvalue weighted by atomic mass is 15.5. The van der Waals surface area contributed by atoms with Gasteiger partial charge in [-0.1, -0.05) is 12.1 Å². The normalized spacial score (nSPS) is 20.2. The minimum atomic E-state index is 0.493. The maximum atomic E-state index is 3.94. The molecular formula is C12H16N6. The molecule has 2 aromatic rings. The molecule has 1 N–H and O–H groups in total. The molecule has 0 amide bonds. The fourth-order valence-corrected chi connectivity index (χ4v) is 2.34. The SMILES string of the molecule is CN1CCC(Nc2ccccc2-n2cnnn2)C1. The molecule has 1 saturated heterocycles. The van der Waals surface area contributed by atoms with Gasteiger partial charge in [0.15, 0.2) is 0 Å². The maximum Gasteiger partial charge on any atom is 0.143 e. The van der Waals surface area contributed by atoms with Gasteiger partial charge in [0, 0.05) is 12.6 Å². The molecule has 0 radical (unpaired) electrons. The minimum Gasteiger partial charge on any atom is -0.379 e. The van der Waals surface area contributed by atoms with Crippen LogP contribution in [0.1, 0.15) is 6.42 Å². The van der Waals surface area contributed by atoms with Crippen molar-refractivity contribution in [3.63, 3.8) is 0 Å². The number of tetrazole rings is 1. The Labute approximate surface area is 106 Å². The first-order valence-electron chi connectivity index (χ1n) is 6.10. The number of likely N-dealkylation sites (tertiary alicyclic amines) is 1. The molecule has 18 heavy (non-hydrogen) atoms. The van der Waals surface area contributed by atoms with E-state index in [1.807, 2.05) is 18.2 Å². The lowest BCUT2D eigenvalue weighted by Gasteiger charge is -2.16. The first kappa shape index (κ1) is 11.2. The lowest BCUT2D eigenvalue weighted by atomic mass is 10.2. The van der Waals surface area contributed by atoms with Gasteiger partial charge in [0.1, 0.15) is 6.33 Å². The summed E-state index contributed by atoms with van der Waals surface area (Å²) in [6.07, 6.45) is 2.78. The van der Waals surface area contributed by atoms with Gasteiger partial charge >= 0.3 is 0 Å². The van der Waals surface area contributed by atoms with Crippen molar-refractivity contribution in [2.24, 2.45) is 0 Å². The van der Waals surface area contributed by atoms with Crippen LogP contribution in [0.5, 0.6) is 0 Å². The van der Waals surface area contributed by atoms with Crippen LogP contribution in [-0.2, 0) is 0 Å². The van der Waals surface area contributed by atoms with Gasteiger partial charge in [-0.25, -0.2) is 0 Å². The predicted octanol–water partition coefficient (Wildman–Crippen LogP) is 0.778. The first-order valence-corrected chi connectivity index (χ1v) is 6.10. The average Bonchev–Trinajstić information content (AvgIpc) is 3.02. The van der Waals surface area contributed by atoms with Gasteiger partial charge in [0.2, 0.25) is 0 Å². The number of para-hydroxylation sites is 2. The van der Waals surface area contributed by atoms with Gasteiger partial charge in [0.05, 0.1) is 11.4 Å². The van der Waals surface area contributed by atoms with E-state index in [9.17, 15) is 0 Å². The number of likely N-dealkylation sites (N-methyl/N-ethyl adjacent to an activating group) is 1. The number of aromatic nitrogens is 4. The van der Waals surface area contributed by atoms with Crippen molar-refractivity contribution in [2.75, 3.05) is 25.5 Å². The summed E-state index contributed by atoms with van der Waals surface area (Å²) in [5, 5.41) is 14.9. The Morgan fingerprint density at radius 2 is 2.22 bits per heavy atom. The number of nitrogens with zero attached hydrogens (tertiary/aromatic N) is 5. The molecule has 3 rings (SSSR count).